The van der Waals surface area contributed by atoms with Gasteiger partial charge in [-0.05, 0) is 31.4 Å². The molecule has 2 aromatic rings. The summed E-state index contributed by atoms with van der Waals surface area (Å²) >= 11 is 5.86. The monoisotopic (exact) mass is 322 g/mol. The number of rotatable bonds is 6. The molecule has 1 aromatic carbocycles. The highest BCUT2D eigenvalue weighted by Crippen LogP contribution is 2.23. The van der Waals surface area contributed by atoms with Crippen molar-refractivity contribution in [3.8, 4) is 11.3 Å². The van der Waals surface area contributed by atoms with E-state index in [9.17, 15) is 9.90 Å². The molecule has 1 heterocycles. The number of aromatic nitrogens is 1. The normalized spacial score (nSPS) is 13.6. The zero-order valence-corrected chi connectivity index (χ0v) is 13.3. The van der Waals surface area contributed by atoms with Gasteiger partial charge in [-0.2, -0.15) is 0 Å². The second-order valence-corrected chi connectivity index (χ2v) is 5.92. The van der Waals surface area contributed by atoms with E-state index in [1.807, 2.05) is 6.92 Å². The minimum absolute atomic E-state index is 0.183. The van der Waals surface area contributed by atoms with Crippen molar-refractivity contribution in [3.05, 3.63) is 41.1 Å². The first-order valence-corrected chi connectivity index (χ1v) is 7.51. The summed E-state index contributed by atoms with van der Waals surface area (Å²) in [4.78, 5) is 12.3. The van der Waals surface area contributed by atoms with E-state index in [1.165, 1.54) is 6.26 Å². The first kappa shape index (κ1) is 16.5. The smallest absolute Gasteiger partial charge is 0.256 e. The largest absolute Gasteiger partial charge is 0.393 e. The van der Waals surface area contributed by atoms with Gasteiger partial charge in [-0.15, -0.1) is 0 Å². The van der Waals surface area contributed by atoms with E-state index in [0.29, 0.717) is 29.2 Å². The van der Waals surface area contributed by atoms with Gasteiger partial charge >= 0.3 is 0 Å². The van der Waals surface area contributed by atoms with E-state index in [4.69, 9.17) is 16.1 Å². The van der Waals surface area contributed by atoms with Crippen molar-refractivity contribution in [3.63, 3.8) is 0 Å². The molecule has 0 radical (unpaired) electrons. The van der Waals surface area contributed by atoms with E-state index >= 15 is 0 Å². The van der Waals surface area contributed by atoms with Gasteiger partial charge < -0.3 is 14.9 Å². The lowest BCUT2D eigenvalue weighted by Gasteiger charge is -2.13. The van der Waals surface area contributed by atoms with Crippen LogP contribution in [0.1, 0.15) is 30.6 Å². The third-order valence-corrected chi connectivity index (χ3v) is 3.54. The second kappa shape index (κ2) is 7.42. The van der Waals surface area contributed by atoms with Gasteiger partial charge in [0.2, 0.25) is 0 Å². The first-order valence-electron chi connectivity index (χ1n) is 7.14. The maximum atomic E-state index is 12.3. The van der Waals surface area contributed by atoms with Crippen LogP contribution in [0.2, 0.25) is 5.02 Å². The Morgan fingerprint density at radius 2 is 2.05 bits per heavy atom. The van der Waals surface area contributed by atoms with Gasteiger partial charge in [-0.25, -0.2) is 0 Å². The lowest BCUT2D eigenvalue weighted by molar-refractivity contribution is 0.0939. The Hall–Kier alpha value is -1.85. The highest BCUT2D eigenvalue weighted by molar-refractivity contribution is 6.30. The fourth-order valence-electron chi connectivity index (χ4n) is 2.24. The summed E-state index contributed by atoms with van der Waals surface area (Å²) in [5.74, 6) is -0.0635. The van der Waals surface area contributed by atoms with Gasteiger partial charge in [0, 0.05) is 17.1 Å². The number of carbonyl (C=O) groups is 1. The Bertz CT molecular complexity index is 623. The van der Waals surface area contributed by atoms with Crippen LogP contribution in [0.15, 0.2) is 35.1 Å². The predicted molar refractivity (Wildman–Crippen MR) is 84.7 cm³/mol. The van der Waals surface area contributed by atoms with Crippen LogP contribution in [0.5, 0.6) is 0 Å². The Morgan fingerprint density at radius 1 is 1.36 bits per heavy atom. The number of nitrogens with zero attached hydrogens (tertiary/aromatic N) is 1. The molecule has 2 unspecified atom stereocenters. The van der Waals surface area contributed by atoms with Crippen LogP contribution in [-0.2, 0) is 0 Å². The molecular formula is C16H19ClN2O3. The summed E-state index contributed by atoms with van der Waals surface area (Å²) in [5.41, 5.74) is 1.63. The van der Waals surface area contributed by atoms with Crippen molar-refractivity contribution < 1.29 is 14.4 Å². The number of halogens is 1. The van der Waals surface area contributed by atoms with Gasteiger partial charge in [-0.3, -0.25) is 4.79 Å². The van der Waals surface area contributed by atoms with Crippen LogP contribution in [0.25, 0.3) is 11.3 Å². The average molecular weight is 323 g/mol. The molecule has 0 spiro atoms. The molecule has 2 atom stereocenters. The number of carbonyl (C=O) groups excluding carboxylic acids is 1. The Balaban J connectivity index is 2.05. The number of hydrogen-bond donors (Lipinski definition) is 2. The number of aliphatic hydroxyl groups is 1. The van der Waals surface area contributed by atoms with Gasteiger partial charge in [0.1, 0.15) is 17.5 Å². The SMILES string of the molecule is CC(O)CC(C)CNC(=O)c1conc1-c1ccc(Cl)cc1. The molecule has 0 saturated heterocycles. The van der Waals surface area contributed by atoms with Gasteiger partial charge in [0.05, 0.1) is 6.10 Å². The maximum absolute atomic E-state index is 12.3. The van der Waals surface area contributed by atoms with Crippen molar-refractivity contribution in [2.24, 2.45) is 5.92 Å². The minimum Gasteiger partial charge on any atom is -0.393 e. The fraction of sp³-hybridized carbons (Fsp3) is 0.375. The fourth-order valence-corrected chi connectivity index (χ4v) is 2.37. The molecule has 0 aliphatic rings. The van der Waals surface area contributed by atoms with E-state index in [-0.39, 0.29) is 17.9 Å². The van der Waals surface area contributed by atoms with E-state index < -0.39 is 0 Å². The minimum atomic E-state index is -0.382. The molecule has 0 aliphatic carbocycles. The Kier molecular flexibility index (Phi) is 5.57. The second-order valence-electron chi connectivity index (χ2n) is 5.48. The maximum Gasteiger partial charge on any atom is 0.256 e. The summed E-state index contributed by atoms with van der Waals surface area (Å²) in [6, 6.07) is 7.04. The predicted octanol–water partition coefficient (Wildman–Crippen LogP) is 3.13. The zero-order chi connectivity index (χ0) is 16.1. The highest BCUT2D eigenvalue weighted by atomic mass is 35.5. The third-order valence-electron chi connectivity index (χ3n) is 3.29. The molecular weight excluding hydrogens is 304 g/mol. The first-order chi connectivity index (χ1) is 10.5. The molecule has 0 saturated carbocycles. The molecule has 118 valence electrons. The zero-order valence-electron chi connectivity index (χ0n) is 12.5. The van der Waals surface area contributed by atoms with Crippen molar-refractivity contribution >= 4 is 17.5 Å². The molecule has 0 bridgehead atoms. The average Bonchev–Trinajstić information content (AvgIpc) is 2.94. The standard InChI is InChI=1S/C16H19ClN2O3/c1-10(7-11(2)20)8-18-16(21)14-9-22-19-15(14)12-3-5-13(17)6-4-12/h3-6,9-11,20H,7-8H2,1-2H3,(H,18,21). The number of aliphatic hydroxyl groups excluding tert-OH is 1. The highest BCUT2D eigenvalue weighted by Gasteiger charge is 2.18. The van der Waals surface area contributed by atoms with Crippen molar-refractivity contribution in [1.82, 2.24) is 10.5 Å². The number of benzene rings is 1. The van der Waals surface area contributed by atoms with Gasteiger partial charge in [-0.1, -0.05) is 35.8 Å². The van der Waals surface area contributed by atoms with E-state index in [2.05, 4.69) is 10.5 Å². The molecule has 0 aliphatic heterocycles. The lowest BCUT2D eigenvalue weighted by Crippen LogP contribution is -2.29. The Labute approximate surface area is 134 Å². The molecule has 2 rings (SSSR count). The van der Waals surface area contributed by atoms with Gasteiger partial charge in [0.15, 0.2) is 0 Å². The molecule has 1 aromatic heterocycles. The molecule has 6 heteroatoms. The number of nitrogens with one attached hydrogen (secondary N) is 1. The lowest BCUT2D eigenvalue weighted by atomic mass is 10.0. The van der Waals surface area contributed by atoms with E-state index in [0.717, 1.165) is 5.56 Å². The molecule has 5 nitrogen and oxygen atoms in total. The summed E-state index contributed by atoms with van der Waals surface area (Å²) in [7, 11) is 0. The molecule has 0 fully saturated rings. The van der Waals surface area contributed by atoms with E-state index in [1.54, 1.807) is 31.2 Å². The molecule has 1 amide bonds. The van der Waals surface area contributed by atoms with Crippen LogP contribution < -0.4 is 5.32 Å². The van der Waals surface area contributed by atoms with Crippen LogP contribution >= 0.6 is 11.6 Å². The van der Waals surface area contributed by atoms with Crippen LogP contribution in [-0.4, -0.2) is 28.8 Å². The van der Waals surface area contributed by atoms with Crippen LogP contribution in [0.4, 0.5) is 0 Å². The number of amides is 1. The summed E-state index contributed by atoms with van der Waals surface area (Å²) in [5, 5.41) is 16.7. The number of hydrogen-bond acceptors (Lipinski definition) is 4. The van der Waals surface area contributed by atoms with Crippen LogP contribution in [0, 0.1) is 5.92 Å². The topological polar surface area (TPSA) is 75.4 Å². The van der Waals surface area contributed by atoms with Crippen molar-refractivity contribution in [2.75, 3.05) is 6.54 Å². The quantitative estimate of drug-likeness (QED) is 0.856. The Morgan fingerprint density at radius 3 is 2.68 bits per heavy atom. The van der Waals surface area contributed by atoms with Gasteiger partial charge in [0.25, 0.3) is 5.91 Å². The van der Waals surface area contributed by atoms with Crippen LogP contribution in [0.3, 0.4) is 0 Å². The summed E-state index contributed by atoms with van der Waals surface area (Å²) in [6.07, 6.45) is 1.58. The summed E-state index contributed by atoms with van der Waals surface area (Å²) in [6.45, 7) is 4.19. The molecule has 22 heavy (non-hydrogen) atoms. The van der Waals surface area contributed by atoms with Crippen molar-refractivity contribution in [2.45, 2.75) is 26.4 Å². The van der Waals surface area contributed by atoms with Crippen molar-refractivity contribution in [1.29, 1.82) is 0 Å². The molecule has 2 N–H and O–H groups in total. The summed E-state index contributed by atoms with van der Waals surface area (Å²) < 4.78 is 4.94. The third kappa shape index (κ3) is 4.32.